The Hall–Kier alpha value is -2.95. The number of amides is 2. The summed E-state index contributed by atoms with van der Waals surface area (Å²) in [6, 6.07) is 14.7. The van der Waals surface area contributed by atoms with Crippen molar-refractivity contribution in [3.8, 4) is 5.75 Å². The van der Waals surface area contributed by atoms with Crippen LogP contribution in [-0.4, -0.2) is 24.2 Å². The van der Waals surface area contributed by atoms with E-state index in [1.54, 1.807) is 24.3 Å². The van der Waals surface area contributed by atoms with Crippen LogP contribution in [0.25, 0.3) is 0 Å². The number of fused-ring (bicyclic) bond motifs is 1. The fourth-order valence-electron chi connectivity index (χ4n) is 5.07. The summed E-state index contributed by atoms with van der Waals surface area (Å²) < 4.78 is 5.44. The summed E-state index contributed by atoms with van der Waals surface area (Å²) in [5.74, 6) is -1.40. The van der Waals surface area contributed by atoms with Crippen LogP contribution in [-0.2, 0) is 14.4 Å². The molecule has 4 aliphatic rings. The van der Waals surface area contributed by atoms with E-state index in [-0.39, 0.29) is 23.5 Å². The Bertz CT molecular complexity index is 965. The van der Waals surface area contributed by atoms with E-state index in [9.17, 15) is 14.4 Å². The Kier molecular flexibility index (Phi) is 3.47. The quantitative estimate of drug-likeness (QED) is 0.789. The van der Waals surface area contributed by atoms with Gasteiger partial charge in [0.25, 0.3) is 0 Å². The zero-order chi connectivity index (χ0) is 18.7. The highest BCUT2D eigenvalue weighted by molar-refractivity contribution is 6.24. The SMILES string of the molecule is CCOc1ccc(N2C(=O)[C@@H]3[C@H](C2=O)[C@@H]2C(=O)C[C@H]3c3ccccc32)cc1. The van der Waals surface area contributed by atoms with Crippen molar-refractivity contribution in [1.82, 2.24) is 0 Å². The van der Waals surface area contributed by atoms with Crippen molar-refractivity contribution in [3.05, 3.63) is 59.7 Å². The Morgan fingerprint density at radius 3 is 2.30 bits per heavy atom. The molecular formula is C22H19NO4. The van der Waals surface area contributed by atoms with Crippen molar-refractivity contribution < 1.29 is 19.1 Å². The molecule has 0 aromatic heterocycles. The Morgan fingerprint density at radius 2 is 1.59 bits per heavy atom. The summed E-state index contributed by atoms with van der Waals surface area (Å²) in [5, 5.41) is 0. The molecule has 5 heteroatoms. The Labute approximate surface area is 156 Å². The average molecular weight is 361 g/mol. The molecule has 2 aromatic rings. The topological polar surface area (TPSA) is 63.7 Å². The first kappa shape index (κ1) is 16.2. The molecule has 1 saturated carbocycles. The molecule has 0 N–H and O–H groups in total. The lowest BCUT2D eigenvalue weighted by Gasteiger charge is -2.43. The van der Waals surface area contributed by atoms with E-state index >= 15 is 0 Å². The third kappa shape index (κ3) is 2.14. The first-order chi connectivity index (χ1) is 13.1. The van der Waals surface area contributed by atoms with Gasteiger partial charge in [0, 0.05) is 12.3 Å². The van der Waals surface area contributed by atoms with Crippen LogP contribution in [0.15, 0.2) is 48.5 Å². The normalized spacial score (nSPS) is 28.3. The van der Waals surface area contributed by atoms with Crippen LogP contribution >= 0.6 is 0 Å². The fraction of sp³-hybridized carbons (Fsp3) is 0.318. The Morgan fingerprint density at radius 1 is 0.926 bits per heavy atom. The first-order valence-electron chi connectivity index (χ1n) is 9.34. The summed E-state index contributed by atoms with van der Waals surface area (Å²) in [6.07, 6.45) is 0.346. The van der Waals surface area contributed by atoms with E-state index < -0.39 is 17.8 Å². The molecule has 5 nitrogen and oxygen atoms in total. The van der Waals surface area contributed by atoms with Gasteiger partial charge in [-0.2, -0.15) is 0 Å². The molecule has 4 atom stereocenters. The van der Waals surface area contributed by atoms with Gasteiger partial charge in [0.2, 0.25) is 11.8 Å². The van der Waals surface area contributed by atoms with Crippen LogP contribution in [0.4, 0.5) is 5.69 Å². The van der Waals surface area contributed by atoms with Gasteiger partial charge in [0.15, 0.2) is 0 Å². The molecule has 0 unspecified atom stereocenters. The maximum atomic E-state index is 13.2. The van der Waals surface area contributed by atoms with E-state index in [1.807, 2.05) is 31.2 Å². The van der Waals surface area contributed by atoms with Gasteiger partial charge in [-0.15, -0.1) is 0 Å². The fourth-order valence-corrected chi connectivity index (χ4v) is 5.07. The standard InChI is InChI=1S/C22H19NO4/c1-2-27-13-9-7-12(8-10-13)23-21(25)19-16-11-17(24)18(20(19)22(23)26)15-6-4-3-5-14(15)16/h3-10,16,18-20H,2,11H2,1H3/t16-,18-,19-,20+/m0/s1. The minimum absolute atomic E-state index is 0.0784. The number of carbonyl (C=O) groups excluding carboxylic acids is 3. The second-order valence-corrected chi connectivity index (χ2v) is 7.37. The predicted octanol–water partition coefficient (Wildman–Crippen LogP) is 3.04. The van der Waals surface area contributed by atoms with E-state index in [0.717, 1.165) is 11.1 Å². The average Bonchev–Trinajstić information content (AvgIpc) is 2.95. The van der Waals surface area contributed by atoms with E-state index in [1.165, 1.54) is 4.90 Å². The molecule has 0 spiro atoms. The summed E-state index contributed by atoms with van der Waals surface area (Å²) in [6.45, 7) is 2.45. The molecule has 27 heavy (non-hydrogen) atoms. The molecule has 136 valence electrons. The number of nitrogens with zero attached hydrogens (tertiary/aromatic N) is 1. The van der Waals surface area contributed by atoms with Crippen molar-refractivity contribution in [2.45, 2.75) is 25.2 Å². The van der Waals surface area contributed by atoms with E-state index in [2.05, 4.69) is 0 Å². The molecule has 2 bridgehead atoms. The molecule has 6 rings (SSSR count). The van der Waals surface area contributed by atoms with Gasteiger partial charge in [-0.1, -0.05) is 24.3 Å². The molecule has 1 saturated heterocycles. The van der Waals surface area contributed by atoms with E-state index in [4.69, 9.17) is 4.74 Å². The minimum atomic E-state index is -0.579. The number of rotatable bonds is 3. The van der Waals surface area contributed by atoms with Gasteiger partial charge in [-0.25, -0.2) is 0 Å². The summed E-state index contributed by atoms with van der Waals surface area (Å²) in [4.78, 5) is 40.4. The smallest absolute Gasteiger partial charge is 0.238 e. The molecule has 3 aliphatic carbocycles. The van der Waals surface area contributed by atoms with Crippen LogP contribution in [0.5, 0.6) is 5.75 Å². The number of ketones is 1. The first-order valence-corrected chi connectivity index (χ1v) is 9.34. The lowest BCUT2D eigenvalue weighted by Crippen LogP contribution is -2.44. The van der Waals surface area contributed by atoms with Gasteiger partial charge < -0.3 is 4.74 Å². The number of imide groups is 1. The van der Waals surface area contributed by atoms with Crippen LogP contribution in [0.2, 0.25) is 0 Å². The molecule has 1 aliphatic heterocycles. The summed E-state index contributed by atoms with van der Waals surface area (Å²) >= 11 is 0. The van der Waals surface area contributed by atoms with Crippen LogP contribution in [0.1, 0.15) is 36.3 Å². The van der Waals surface area contributed by atoms with Crippen molar-refractivity contribution in [1.29, 1.82) is 0 Å². The lowest BCUT2D eigenvalue weighted by atomic mass is 9.56. The van der Waals surface area contributed by atoms with Gasteiger partial charge >= 0.3 is 0 Å². The van der Waals surface area contributed by atoms with Crippen LogP contribution in [0, 0.1) is 11.8 Å². The maximum Gasteiger partial charge on any atom is 0.238 e. The maximum absolute atomic E-state index is 13.2. The highest BCUT2D eigenvalue weighted by Gasteiger charge is 2.62. The number of carbonyl (C=O) groups is 3. The molecule has 2 amide bonds. The van der Waals surface area contributed by atoms with Crippen molar-refractivity contribution >= 4 is 23.3 Å². The predicted molar refractivity (Wildman–Crippen MR) is 98.6 cm³/mol. The van der Waals surface area contributed by atoms with Crippen LogP contribution in [0.3, 0.4) is 0 Å². The number of Topliss-reactive ketones (excluding diaryl/α,β-unsaturated/α-hetero) is 1. The Balaban J connectivity index is 1.57. The number of hydrogen-bond donors (Lipinski definition) is 0. The second-order valence-electron chi connectivity index (χ2n) is 7.37. The number of hydrogen-bond acceptors (Lipinski definition) is 4. The zero-order valence-corrected chi connectivity index (χ0v) is 14.9. The van der Waals surface area contributed by atoms with Gasteiger partial charge in [-0.3, -0.25) is 19.3 Å². The summed E-state index contributed by atoms with van der Waals surface area (Å²) in [7, 11) is 0. The third-order valence-corrected chi connectivity index (χ3v) is 6.10. The van der Waals surface area contributed by atoms with Crippen molar-refractivity contribution in [2.75, 3.05) is 11.5 Å². The molecule has 2 fully saturated rings. The highest BCUT2D eigenvalue weighted by atomic mass is 16.5. The van der Waals surface area contributed by atoms with Gasteiger partial charge in [0.05, 0.1) is 30.0 Å². The van der Waals surface area contributed by atoms with Gasteiger partial charge in [0.1, 0.15) is 11.5 Å². The molecule has 2 aromatic carbocycles. The number of ether oxygens (including phenoxy) is 1. The van der Waals surface area contributed by atoms with E-state index in [0.29, 0.717) is 24.5 Å². The largest absolute Gasteiger partial charge is 0.494 e. The second kappa shape index (κ2) is 5.78. The van der Waals surface area contributed by atoms with Gasteiger partial charge in [-0.05, 0) is 42.3 Å². The molecule has 0 radical (unpaired) electrons. The minimum Gasteiger partial charge on any atom is -0.494 e. The van der Waals surface area contributed by atoms with Crippen LogP contribution < -0.4 is 9.64 Å². The third-order valence-electron chi connectivity index (χ3n) is 6.10. The lowest BCUT2D eigenvalue weighted by molar-refractivity contribution is -0.134. The van der Waals surface area contributed by atoms with Crippen molar-refractivity contribution in [2.24, 2.45) is 11.8 Å². The number of benzene rings is 2. The zero-order valence-electron chi connectivity index (χ0n) is 14.9. The van der Waals surface area contributed by atoms with Crippen molar-refractivity contribution in [3.63, 3.8) is 0 Å². The molecule has 1 heterocycles. The monoisotopic (exact) mass is 361 g/mol. The summed E-state index contributed by atoms with van der Waals surface area (Å²) in [5.41, 5.74) is 2.52. The molecular weight excluding hydrogens is 342 g/mol. The number of anilines is 1. The highest BCUT2D eigenvalue weighted by Crippen LogP contribution is 2.57.